The van der Waals surface area contributed by atoms with Crippen molar-refractivity contribution in [1.82, 2.24) is 5.32 Å². The van der Waals surface area contributed by atoms with Gasteiger partial charge in [0.2, 0.25) is 0 Å². The molecule has 0 saturated carbocycles. The standard InChI is InChI=1S/C9H15N/c1-4-6-8-9(10-3)7-5-2/h4,6-8,10H,1,5H2,2-3H3/b8-6-,9-7+. The van der Waals surface area contributed by atoms with E-state index in [1.807, 2.05) is 19.2 Å². The molecule has 0 aromatic carbocycles. The van der Waals surface area contributed by atoms with Gasteiger partial charge in [0.25, 0.3) is 0 Å². The van der Waals surface area contributed by atoms with Crippen molar-refractivity contribution in [2.45, 2.75) is 13.3 Å². The minimum atomic E-state index is 1.05. The molecule has 0 fully saturated rings. The topological polar surface area (TPSA) is 12.0 Å². The average Bonchev–Trinajstić information content (AvgIpc) is 1.98. The summed E-state index contributed by atoms with van der Waals surface area (Å²) in [6.45, 7) is 5.70. The molecule has 0 aliphatic rings. The van der Waals surface area contributed by atoms with E-state index in [0.717, 1.165) is 12.1 Å². The Morgan fingerprint density at radius 2 is 2.30 bits per heavy atom. The van der Waals surface area contributed by atoms with Crippen LogP contribution in [0.25, 0.3) is 0 Å². The fraction of sp³-hybridized carbons (Fsp3) is 0.333. The molecule has 0 bridgehead atoms. The first kappa shape index (κ1) is 9.02. The molecule has 0 unspecified atom stereocenters. The van der Waals surface area contributed by atoms with Crippen molar-refractivity contribution >= 4 is 0 Å². The molecule has 56 valence electrons. The molecular weight excluding hydrogens is 122 g/mol. The molecule has 1 nitrogen and oxygen atoms in total. The molecule has 0 aromatic heterocycles. The van der Waals surface area contributed by atoms with Crippen LogP contribution in [0.1, 0.15) is 13.3 Å². The van der Waals surface area contributed by atoms with Gasteiger partial charge in [-0.15, -0.1) is 0 Å². The van der Waals surface area contributed by atoms with Crippen molar-refractivity contribution in [3.63, 3.8) is 0 Å². The van der Waals surface area contributed by atoms with Crippen molar-refractivity contribution in [1.29, 1.82) is 0 Å². The summed E-state index contributed by atoms with van der Waals surface area (Å²) in [6.07, 6.45) is 8.85. The molecule has 0 atom stereocenters. The van der Waals surface area contributed by atoms with Crippen molar-refractivity contribution in [3.8, 4) is 0 Å². The van der Waals surface area contributed by atoms with Crippen LogP contribution < -0.4 is 5.32 Å². The number of hydrogen-bond donors (Lipinski definition) is 1. The van der Waals surface area contributed by atoms with E-state index in [4.69, 9.17) is 0 Å². The van der Waals surface area contributed by atoms with Crippen molar-refractivity contribution in [2.24, 2.45) is 0 Å². The van der Waals surface area contributed by atoms with Crippen LogP contribution >= 0.6 is 0 Å². The predicted octanol–water partition coefficient (Wildman–Crippen LogP) is 2.24. The SMILES string of the molecule is C=C/C=C\C(=C/CC)NC. The minimum Gasteiger partial charge on any atom is -0.388 e. The number of hydrogen-bond acceptors (Lipinski definition) is 1. The first-order chi connectivity index (χ1) is 4.85. The molecule has 0 amide bonds. The maximum atomic E-state index is 3.59. The zero-order chi connectivity index (χ0) is 7.82. The Labute approximate surface area is 63.1 Å². The maximum Gasteiger partial charge on any atom is 0.0296 e. The summed E-state index contributed by atoms with van der Waals surface area (Å²) in [6, 6.07) is 0. The van der Waals surface area contributed by atoms with Crippen LogP contribution in [0.3, 0.4) is 0 Å². The lowest BCUT2D eigenvalue weighted by Crippen LogP contribution is -2.02. The second-order valence-electron chi connectivity index (χ2n) is 1.91. The smallest absolute Gasteiger partial charge is 0.0296 e. The Balaban J connectivity index is 3.94. The third kappa shape index (κ3) is 3.96. The minimum absolute atomic E-state index is 1.05. The van der Waals surface area contributed by atoms with Crippen LogP contribution in [0.5, 0.6) is 0 Å². The largest absolute Gasteiger partial charge is 0.388 e. The van der Waals surface area contributed by atoms with Gasteiger partial charge in [0.05, 0.1) is 0 Å². The zero-order valence-corrected chi connectivity index (χ0v) is 6.72. The zero-order valence-electron chi connectivity index (χ0n) is 6.72. The quantitative estimate of drug-likeness (QED) is 0.586. The molecule has 0 radical (unpaired) electrons. The van der Waals surface area contributed by atoms with Gasteiger partial charge in [0.15, 0.2) is 0 Å². The summed E-state index contributed by atoms with van der Waals surface area (Å²) in [5, 5.41) is 3.06. The second kappa shape index (κ2) is 6.14. The van der Waals surface area contributed by atoms with Crippen LogP contribution in [0.4, 0.5) is 0 Å². The predicted molar refractivity (Wildman–Crippen MR) is 46.8 cm³/mol. The van der Waals surface area contributed by atoms with Crippen LogP contribution in [0.15, 0.2) is 36.6 Å². The fourth-order valence-electron chi connectivity index (χ4n) is 0.645. The third-order valence-corrected chi connectivity index (χ3v) is 1.12. The van der Waals surface area contributed by atoms with E-state index < -0.39 is 0 Å². The van der Waals surface area contributed by atoms with Gasteiger partial charge in [-0.2, -0.15) is 0 Å². The lowest BCUT2D eigenvalue weighted by molar-refractivity contribution is 1.01. The normalized spacial score (nSPS) is 12.0. The number of likely N-dealkylation sites (N-methyl/N-ethyl adjacent to an activating group) is 1. The Morgan fingerprint density at radius 1 is 1.60 bits per heavy atom. The molecule has 0 spiro atoms. The highest BCUT2D eigenvalue weighted by Crippen LogP contribution is 1.92. The molecular formula is C9H15N. The lowest BCUT2D eigenvalue weighted by Gasteiger charge is -1.97. The Kier molecular flexibility index (Phi) is 5.54. The van der Waals surface area contributed by atoms with E-state index in [1.165, 1.54) is 0 Å². The second-order valence-corrected chi connectivity index (χ2v) is 1.91. The Morgan fingerprint density at radius 3 is 2.70 bits per heavy atom. The van der Waals surface area contributed by atoms with Crippen LogP contribution in [-0.2, 0) is 0 Å². The molecule has 1 heteroatoms. The van der Waals surface area contributed by atoms with Gasteiger partial charge in [0, 0.05) is 12.7 Å². The fourth-order valence-corrected chi connectivity index (χ4v) is 0.645. The summed E-state index contributed by atoms with van der Waals surface area (Å²) in [5.74, 6) is 0. The number of nitrogens with one attached hydrogen (secondary N) is 1. The summed E-state index contributed by atoms with van der Waals surface area (Å²) < 4.78 is 0. The van der Waals surface area contributed by atoms with E-state index in [-0.39, 0.29) is 0 Å². The first-order valence-corrected chi connectivity index (χ1v) is 3.52. The molecule has 0 aromatic rings. The van der Waals surface area contributed by atoms with Gasteiger partial charge in [-0.1, -0.05) is 31.7 Å². The van der Waals surface area contributed by atoms with E-state index in [2.05, 4.69) is 24.9 Å². The van der Waals surface area contributed by atoms with Crippen molar-refractivity contribution in [3.05, 3.63) is 36.6 Å². The Hall–Kier alpha value is -0.980. The highest BCUT2D eigenvalue weighted by molar-refractivity contribution is 5.19. The number of allylic oxidation sites excluding steroid dienone is 4. The summed E-state index contributed by atoms with van der Waals surface area (Å²) in [7, 11) is 1.91. The summed E-state index contributed by atoms with van der Waals surface area (Å²) in [5.41, 5.74) is 1.14. The molecule has 0 rings (SSSR count). The Bertz CT molecular complexity index is 140. The lowest BCUT2D eigenvalue weighted by atomic mass is 10.3. The van der Waals surface area contributed by atoms with E-state index >= 15 is 0 Å². The first-order valence-electron chi connectivity index (χ1n) is 3.52. The summed E-state index contributed by atoms with van der Waals surface area (Å²) in [4.78, 5) is 0. The highest BCUT2D eigenvalue weighted by atomic mass is 14.8. The van der Waals surface area contributed by atoms with Crippen LogP contribution in [-0.4, -0.2) is 7.05 Å². The van der Waals surface area contributed by atoms with Gasteiger partial charge < -0.3 is 5.32 Å². The van der Waals surface area contributed by atoms with Crippen molar-refractivity contribution in [2.75, 3.05) is 7.05 Å². The molecule has 0 aliphatic carbocycles. The third-order valence-electron chi connectivity index (χ3n) is 1.12. The van der Waals surface area contributed by atoms with Gasteiger partial charge >= 0.3 is 0 Å². The molecule has 0 aliphatic heterocycles. The maximum absolute atomic E-state index is 3.59. The molecule has 10 heavy (non-hydrogen) atoms. The van der Waals surface area contributed by atoms with Gasteiger partial charge in [-0.3, -0.25) is 0 Å². The van der Waals surface area contributed by atoms with E-state index in [1.54, 1.807) is 6.08 Å². The van der Waals surface area contributed by atoms with Crippen molar-refractivity contribution < 1.29 is 0 Å². The molecule has 1 N–H and O–H groups in total. The van der Waals surface area contributed by atoms with E-state index in [9.17, 15) is 0 Å². The highest BCUT2D eigenvalue weighted by Gasteiger charge is 1.80. The van der Waals surface area contributed by atoms with Gasteiger partial charge in [0.1, 0.15) is 0 Å². The van der Waals surface area contributed by atoms with Gasteiger partial charge in [-0.25, -0.2) is 0 Å². The molecule has 0 saturated heterocycles. The monoisotopic (exact) mass is 137 g/mol. The summed E-state index contributed by atoms with van der Waals surface area (Å²) >= 11 is 0. The van der Waals surface area contributed by atoms with E-state index in [0.29, 0.717) is 0 Å². The van der Waals surface area contributed by atoms with Gasteiger partial charge in [-0.05, 0) is 12.5 Å². The molecule has 0 heterocycles. The number of rotatable bonds is 4. The van der Waals surface area contributed by atoms with Crippen LogP contribution in [0, 0.1) is 0 Å². The van der Waals surface area contributed by atoms with Crippen LogP contribution in [0.2, 0.25) is 0 Å². The average molecular weight is 137 g/mol.